The first kappa shape index (κ1) is 22.7. The van der Waals surface area contributed by atoms with Gasteiger partial charge in [-0.2, -0.15) is 0 Å². The fourth-order valence-corrected chi connectivity index (χ4v) is 3.36. The monoisotopic (exact) mass is 394 g/mol. The van der Waals surface area contributed by atoms with Gasteiger partial charge in [-0.15, -0.1) is 0 Å². The van der Waals surface area contributed by atoms with Crippen LogP contribution < -0.4 is 5.32 Å². The van der Waals surface area contributed by atoms with Gasteiger partial charge in [0.05, 0.1) is 0 Å². The van der Waals surface area contributed by atoms with E-state index in [0.717, 1.165) is 29.5 Å². The summed E-state index contributed by atoms with van der Waals surface area (Å²) in [6.45, 7) is 8.51. The van der Waals surface area contributed by atoms with Crippen LogP contribution in [0.1, 0.15) is 56.7 Å². The lowest BCUT2D eigenvalue weighted by molar-refractivity contribution is -0.141. The molecular weight excluding hydrogens is 360 g/mol. The van der Waals surface area contributed by atoms with Crippen molar-refractivity contribution in [2.45, 2.75) is 72.0 Å². The number of nitrogens with zero attached hydrogens (tertiary/aromatic N) is 1. The highest BCUT2D eigenvalue weighted by Crippen LogP contribution is 2.17. The summed E-state index contributed by atoms with van der Waals surface area (Å²) >= 11 is 0. The SMILES string of the molecule is CCCC(=O)N(Cc1cccc(C)c1)[C@@H](Cc1ccccc1)C(=O)N[C@@H](C)CC. The maximum atomic E-state index is 13.2. The van der Waals surface area contributed by atoms with E-state index >= 15 is 0 Å². The van der Waals surface area contributed by atoms with E-state index in [0.29, 0.717) is 19.4 Å². The molecule has 2 amide bonds. The highest BCUT2D eigenvalue weighted by Gasteiger charge is 2.30. The molecule has 4 nitrogen and oxygen atoms in total. The van der Waals surface area contributed by atoms with Crippen molar-refractivity contribution < 1.29 is 9.59 Å². The fraction of sp³-hybridized carbons (Fsp3) is 0.440. The van der Waals surface area contributed by atoms with Gasteiger partial charge in [0.1, 0.15) is 6.04 Å². The van der Waals surface area contributed by atoms with Gasteiger partial charge in [0.15, 0.2) is 0 Å². The number of benzene rings is 2. The third kappa shape index (κ3) is 7.04. The Morgan fingerprint density at radius 2 is 1.69 bits per heavy atom. The van der Waals surface area contributed by atoms with Gasteiger partial charge in [0, 0.05) is 25.4 Å². The van der Waals surface area contributed by atoms with Crippen molar-refractivity contribution in [1.29, 1.82) is 0 Å². The van der Waals surface area contributed by atoms with Gasteiger partial charge in [-0.1, -0.05) is 74.0 Å². The summed E-state index contributed by atoms with van der Waals surface area (Å²) in [5, 5.41) is 3.09. The van der Waals surface area contributed by atoms with Gasteiger partial charge < -0.3 is 10.2 Å². The second-order valence-electron chi connectivity index (χ2n) is 7.78. The van der Waals surface area contributed by atoms with Crippen LogP contribution in [0.3, 0.4) is 0 Å². The molecule has 156 valence electrons. The second-order valence-corrected chi connectivity index (χ2v) is 7.78. The maximum absolute atomic E-state index is 13.2. The lowest BCUT2D eigenvalue weighted by Crippen LogP contribution is -2.52. The molecular formula is C25H34N2O2. The minimum absolute atomic E-state index is 0.0224. The van der Waals surface area contributed by atoms with Crippen molar-refractivity contribution in [3.8, 4) is 0 Å². The van der Waals surface area contributed by atoms with Crippen molar-refractivity contribution in [3.05, 3.63) is 71.3 Å². The Morgan fingerprint density at radius 3 is 2.31 bits per heavy atom. The molecule has 0 radical (unpaired) electrons. The molecule has 0 aliphatic heterocycles. The molecule has 2 atom stereocenters. The number of amides is 2. The maximum Gasteiger partial charge on any atom is 0.243 e. The Balaban J connectivity index is 2.37. The minimum Gasteiger partial charge on any atom is -0.352 e. The zero-order valence-electron chi connectivity index (χ0n) is 18.2. The Hall–Kier alpha value is -2.62. The van der Waals surface area contributed by atoms with Crippen LogP contribution in [-0.2, 0) is 22.6 Å². The third-order valence-corrected chi connectivity index (χ3v) is 5.17. The van der Waals surface area contributed by atoms with Crippen LogP contribution in [0, 0.1) is 6.92 Å². The van der Waals surface area contributed by atoms with Crippen LogP contribution in [0.2, 0.25) is 0 Å². The smallest absolute Gasteiger partial charge is 0.243 e. The van der Waals surface area contributed by atoms with Crippen molar-refractivity contribution in [3.63, 3.8) is 0 Å². The molecule has 0 saturated carbocycles. The Kier molecular flexibility index (Phi) is 8.91. The highest BCUT2D eigenvalue weighted by atomic mass is 16.2. The standard InChI is InChI=1S/C25H34N2O2/c1-5-11-24(28)27(18-22-15-10-12-19(3)16-22)23(25(29)26-20(4)6-2)17-21-13-8-7-9-14-21/h7-10,12-16,20,23H,5-6,11,17-18H2,1-4H3,(H,26,29)/t20-,23-/m0/s1. The zero-order chi connectivity index (χ0) is 21.2. The first-order valence-electron chi connectivity index (χ1n) is 10.6. The van der Waals surface area contributed by atoms with E-state index in [9.17, 15) is 9.59 Å². The number of hydrogen-bond acceptors (Lipinski definition) is 2. The molecule has 2 aromatic carbocycles. The Bertz CT molecular complexity index is 788. The van der Waals surface area contributed by atoms with Crippen LogP contribution in [0.4, 0.5) is 0 Å². The molecule has 0 unspecified atom stereocenters. The molecule has 0 spiro atoms. The molecule has 0 aliphatic rings. The van der Waals surface area contributed by atoms with Gasteiger partial charge in [-0.3, -0.25) is 9.59 Å². The molecule has 2 aromatic rings. The molecule has 0 fully saturated rings. The summed E-state index contributed by atoms with van der Waals surface area (Å²) < 4.78 is 0. The number of carbonyl (C=O) groups is 2. The number of rotatable bonds is 10. The second kappa shape index (κ2) is 11.4. The Morgan fingerprint density at radius 1 is 1.00 bits per heavy atom. The topological polar surface area (TPSA) is 49.4 Å². The minimum atomic E-state index is -0.536. The van der Waals surface area contributed by atoms with Gasteiger partial charge in [0.25, 0.3) is 0 Å². The zero-order valence-corrected chi connectivity index (χ0v) is 18.2. The van der Waals surface area contributed by atoms with Crippen LogP contribution in [0.15, 0.2) is 54.6 Å². The molecule has 2 rings (SSSR count). The molecule has 0 saturated heterocycles. The summed E-state index contributed by atoms with van der Waals surface area (Å²) in [4.78, 5) is 28.1. The molecule has 4 heteroatoms. The highest BCUT2D eigenvalue weighted by molar-refractivity contribution is 5.88. The van der Waals surface area contributed by atoms with E-state index < -0.39 is 6.04 Å². The summed E-state index contributed by atoms with van der Waals surface area (Å²) in [7, 11) is 0. The summed E-state index contributed by atoms with van der Waals surface area (Å²) in [6.07, 6.45) is 2.55. The average Bonchev–Trinajstić information content (AvgIpc) is 2.71. The van der Waals surface area contributed by atoms with E-state index in [4.69, 9.17) is 0 Å². The van der Waals surface area contributed by atoms with Crippen molar-refractivity contribution in [1.82, 2.24) is 10.2 Å². The van der Waals surface area contributed by atoms with Gasteiger partial charge >= 0.3 is 0 Å². The molecule has 0 aliphatic carbocycles. The van der Waals surface area contributed by atoms with Crippen LogP contribution >= 0.6 is 0 Å². The van der Waals surface area contributed by atoms with Crippen molar-refractivity contribution >= 4 is 11.8 Å². The summed E-state index contributed by atoms with van der Waals surface area (Å²) in [6, 6.07) is 17.6. The largest absolute Gasteiger partial charge is 0.352 e. The van der Waals surface area contributed by atoms with Crippen LogP contribution in [-0.4, -0.2) is 28.8 Å². The van der Waals surface area contributed by atoms with Crippen molar-refractivity contribution in [2.24, 2.45) is 0 Å². The predicted octanol–water partition coefficient (Wildman–Crippen LogP) is 4.65. The Labute approximate surface area is 175 Å². The number of aryl methyl sites for hydroxylation is 1. The first-order chi connectivity index (χ1) is 13.9. The molecule has 0 aromatic heterocycles. The molecule has 0 heterocycles. The fourth-order valence-electron chi connectivity index (χ4n) is 3.36. The summed E-state index contributed by atoms with van der Waals surface area (Å²) in [5.41, 5.74) is 3.24. The quantitative estimate of drug-likeness (QED) is 0.638. The number of hydrogen-bond donors (Lipinski definition) is 1. The van der Waals surface area contributed by atoms with Crippen LogP contribution in [0.5, 0.6) is 0 Å². The lowest BCUT2D eigenvalue weighted by atomic mass is 10.0. The van der Waals surface area contributed by atoms with E-state index in [1.165, 1.54) is 0 Å². The lowest BCUT2D eigenvalue weighted by Gasteiger charge is -2.32. The van der Waals surface area contributed by atoms with E-state index in [2.05, 4.69) is 11.4 Å². The number of nitrogens with one attached hydrogen (secondary N) is 1. The van der Waals surface area contributed by atoms with E-state index in [1.807, 2.05) is 76.2 Å². The van der Waals surface area contributed by atoms with E-state index in [-0.39, 0.29) is 17.9 Å². The third-order valence-electron chi connectivity index (χ3n) is 5.17. The first-order valence-corrected chi connectivity index (χ1v) is 10.6. The van der Waals surface area contributed by atoms with E-state index in [1.54, 1.807) is 4.90 Å². The molecule has 29 heavy (non-hydrogen) atoms. The number of carbonyl (C=O) groups excluding carboxylic acids is 2. The molecule has 1 N–H and O–H groups in total. The average molecular weight is 395 g/mol. The van der Waals surface area contributed by atoms with Gasteiger partial charge in [0.2, 0.25) is 11.8 Å². The normalized spacial score (nSPS) is 12.8. The van der Waals surface area contributed by atoms with Gasteiger partial charge in [-0.05, 0) is 37.8 Å². The molecule has 0 bridgehead atoms. The van der Waals surface area contributed by atoms with Crippen molar-refractivity contribution in [2.75, 3.05) is 0 Å². The predicted molar refractivity (Wildman–Crippen MR) is 118 cm³/mol. The van der Waals surface area contributed by atoms with Gasteiger partial charge in [-0.25, -0.2) is 0 Å². The van der Waals surface area contributed by atoms with Crippen LogP contribution in [0.25, 0.3) is 0 Å². The summed E-state index contributed by atoms with van der Waals surface area (Å²) in [5.74, 6) is -0.0606.